The summed E-state index contributed by atoms with van der Waals surface area (Å²) in [6.45, 7) is 11.7. The van der Waals surface area contributed by atoms with E-state index in [0.29, 0.717) is 31.0 Å². The fraction of sp³-hybridized carbons (Fsp3) is 0.561. The van der Waals surface area contributed by atoms with Gasteiger partial charge in [0.1, 0.15) is 11.4 Å². The van der Waals surface area contributed by atoms with Crippen molar-refractivity contribution in [1.29, 1.82) is 0 Å². The number of ether oxygens (including phenoxy) is 1. The fourth-order valence-corrected chi connectivity index (χ4v) is 6.03. The number of H-pyrrole nitrogens is 1. The number of para-hydroxylation sites is 1. The van der Waals surface area contributed by atoms with E-state index < -0.39 is 53.3 Å². The van der Waals surface area contributed by atoms with E-state index in [-0.39, 0.29) is 54.6 Å². The summed E-state index contributed by atoms with van der Waals surface area (Å²) in [5.74, 6) is -1.91. The van der Waals surface area contributed by atoms with E-state index in [9.17, 15) is 36.7 Å². The molecule has 14 heteroatoms. The predicted molar refractivity (Wildman–Crippen MR) is 205 cm³/mol. The second-order valence-corrected chi connectivity index (χ2v) is 14.5. The molecule has 0 unspecified atom stereocenters. The number of fused-ring (bicyclic) bond motifs is 3. The van der Waals surface area contributed by atoms with Crippen molar-refractivity contribution in [3.05, 3.63) is 70.7 Å². The first-order valence-electron chi connectivity index (χ1n) is 19.3. The number of carbonyl (C=O) groups is 4. The molecular formula is C41H57F4N5O5. The summed E-state index contributed by atoms with van der Waals surface area (Å²) >= 11 is 0. The smallest absolute Gasteiger partial charge is 0.381 e. The quantitative estimate of drug-likeness (QED) is 0.133. The average molecular weight is 776 g/mol. The van der Waals surface area contributed by atoms with E-state index in [1.807, 2.05) is 0 Å². The number of hydrogen-bond acceptors (Lipinski definition) is 5. The minimum absolute atomic E-state index is 0.0125. The van der Waals surface area contributed by atoms with Crippen molar-refractivity contribution in [2.75, 3.05) is 32.8 Å². The normalized spacial score (nSPS) is 16.8. The number of hydrogen-bond donors (Lipinski definition) is 5. The third-order valence-corrected chi connectivity index (χ3v) is 9.84. The predicted octanol–water partition coefficient (Wildman–Crippen LogP) is 6.55. The van der Waals surface area contributed by atoms with Crippen molar-refractivity contribution >= 4 is 34.5 Å². The van der Waals surface area contributed by atoms with Crippen LogP contribution in [0.25, 0.3) is 10.9 Å². The fourth-order valence-electron chi connectivity index (χ4n) is 6.03. The highest BCUT2D eigenvalue weighted by Crippen LogP contribution is 2.40. The van der Waals surface area contributed by atoms with E-state index >= 15 is 0 Å². The van der Waals surface area contributed by atoms with Crippen molar-refractivity contribution in [3.8, 4) is 0 Å². The summed E-state index contributed by atoms with van der Waals surface area (Å²) in [7, 11) is 0. The van der Waals surface area contributed by atoms with Crippen LogP contribution >= 0.6 is 0 Å². The van der Waals surface area contributed by atoms with Gasteiger partial charge in [0.25, 0.3) is 0 Å². The number of aryl methyl sites for hydroxylation is 1. The minimum Gasteiger partial charge on any atom is -0.381 e. The standard InChI is InChI=1S/C32H35F4N5O5.C5H12.C4H10/c33-24-7-2-1-4-20(24)14-26(42)38-18-28(44)41-31(30(45)39-17-27(43)37-16-19-9-12-46-13-10-19)11-8-25-22(15-31)21-5-3-6-23(29(21)40-25)32(34,35)36;1-4-5(2)3;1-3-4-2/h1-7,19,40H,8-18H2,(H,37,43)(H,38,42)(H,39,45)(H,41,44);5H,4H2,1-3H3;3-4H2,1-2H3/t31-;;/m1../s1. The van der Waals surface area contributed by atoms with Gasteiger partial charge >= 0.3 is 6.18 Å². The van der Waals surface area contributed by atoms with Crippen molar-refractivity contribution in [1.82, 2.24) is 26.3 Å². The van der Waals surface area contributed by atoms with Gasteiger partial charge in [-0.3, -0.25) is 19.2 Å². The van der Waals surface area contributed by atoms with Crippen LogP contribution in [0.15, 0.2) is 42.5 Å². The van der Waals surface area contributed by atoms with Gasteiger partial charge in [-0.1, -0.05) is 84.2 Å². The molecule has 0 spiro atoms. The van der Waals surface area contributed by atoms with Crippen LogP contribution in [0, 0.1) is 17.7 Å². The lowest BCUT2D eigenvalue weighted by Crippen LogP contribution is -2.63. The molecule has 1 aliphatic carbocycles. The van der Waals surface area contributed by atoms with Crippen molar-refractivity contribution in [2.24, 2.45) is 11.8 Å². The maximum atomic E-state index is 14.0. The van der Waals surface area contributed by atoms with Crippen molar-refractivity contribution < 1.29 is 41.5 Å². The molecule has 1 atom stereocenters. The van der Waals surface area contributed by atoms with Gasteiger partial charge in [-0.15, -0.1) is 0 Å². The Labute approximate surface area is 321 Å². The van der Waals surface area contributed by atoms with Crippen molar-refractivity contribution in [2.45, 2.75) is 104 Å². The molecule has 1 aliphatic heterocycles. The molecule has 2 aliphatic rings. The van der Waals surface area contributed by atoms with Gasteiger partial charge in [-0.2, -0.15) is 13.2 Å². The van der Waals surface area contributed by atoms with Crippen molar-refractivity contribution in [3.63, 3.8) is 0 Å². The molecule has 1 saturated heterocycles. The topological polar surface area (TPSA) is 141 Å². The number of rotatable bonds is 12. The lowest BCUT2D eigenvalue weighted by molar-refractivity contribution is -0.136. The number of unbranched alkanes of at least 4 members (excludes halogenated alkanes) is 1. The third-order valence-electron chi connectivity index (χ3n) is 9.84. The lowest BCUT2D eigenvalue weighted by Gasteiger charge is -2.36. The highest BCUT2D eigenvalue weighted by Gasteiger charge is 2.45. The highest BCUT2D eigenvalue weighted by molar-refractivity contribution is 5.97. The van der Waals surface area contributed by atoms with Crippen LogP contribution in [0.2, 0.25) is 0 Å². The molecule has 0 saturated carbocycles. The molecule has 5 rings (SSSR count). The number of nitrogens with one attached hydrogen (secondary N) is 5. The monoisotopic (exact) mass is 775 g/mol. The van der Waals surface area contributed by atoms with Crippen LogP contribution in [0.5, 0.6) is 0 Å². The molecule has 2 aromatic carbocycles. The zero-order valence-electron chi connectivity index (χ0n) is 32.6. The Morgan fingerprint density at radius 3 is 2.16 bits per heavy atom. The summed E-state index contributed by atoms with van der Waals surface area (Å²) in [6, 6.07) is 9.48. The van der Waals surface area contributed by atoms with E-state index in [1.165, 1.54) is 49.6 Å². The Kier molecular flexibility index (Phi) is 17.6. The Hall–Kier alpha value is -4.46. The van der Waals surface area contributed by atoms with Crippen LogP contribution < -0.4 is 21.3 Å². The number of alkyl halides is 3. The molecule has 1 aromatic heterocycles. The van der Waals surface area contributed by atoms with Gasteiger partial charge in [0.2, 0.25) is 23.6 Å². The second-order valence-electron chi connectivity index (χ2n) is 14.5. The van der Waals surface area contributed by atoms with Crippen LogP contribution in [-0.4, -0.2) is 67.0 Å². The zero-order chi connectivity index (χ0) is 40.6. The number of carbonyl (C=O) groups excluding carboxylic acids is 4. The third kappa shape index (κ3) is 13.7. The molecule has 1 fully saturated rings. The molecule has 4 amide bonds. The van der Waals surface area contributed by atoms with Crippen LogP contribution in [0.4, 0.5) is 17.6 Å². The number of benzene rings is 2. The number of aromatic amines is 1. The SMILES string of the molecule is CCC(C)C.CCCC.O=C(CNC(=O)[C@@]1(NC(=O)CNC(=O)Cc2ccccc2F)CCc2[nH]c3c(C(F)(F)F)cccc3c2C1)NCC1CCOCC1. The Morgan fingerprint density at radius 1 is 0.891 bits per heavy atom. The van der Waals surface area contributed by atoms with Gasteiger partial charge < -0.3 is 31.0 Å². The molecule has 304 valence electrons. The largest absolute Gasteiger partial charge is 0.418 e. The summed E-state index contributed by atoms with van der Waals surface area (Å²) in [5.41, 5.74) is -1.51. The zero-order valence-corrected chi connectivity index (χ0v) is 32.6. The van der Waals surface area contributed by atoms with Gasteiger partial charge in [0.15, 0.2) is 0 Å². The Morgan fingerprint density at radius 2 is 1.55 bits per heavy atom. The maximum Gasteiger partial charge on any atom is 0.418 e. The first kappa shape index (κ1) is 44.9. The Balaban J connectivity index is 0.000000811. The number of halogens is 4. The first-order valence-corrected chi connectivity index (χ1v) is 19.3. The number of aromatic nitrogens is 1. The summed E-state index contributed by atoms with van der Waals surface area (Å²) in [5, 5.41) is 10.8. The minimum atomic E-state index is -4.62. The second kappa shape index (κ2) is 21.6. The molecule has 3 aromatic rings. The first-order chi connectivity index (χ1) is 26.1. The van der Waals surface area contributed by atoms with Crippen LogP contribution in [0.3, 0.4) is 0 Å². The molecule has 0 bridgehead atoms. The summed E-state index contributed by atoms with van der Waals surface area (Å²) < 4.78 is 60.6. The summed E-state index contributed by atoms with van der Waals surface area (Å²) in [6.07, 6.45) is 0.615. The molecule has 10 nitrogen and oxygen atoms in total. The number of amides is 4. The van der Waals surface area contributed by atoms with Crippen LogP contribution in [0.1, 0.15) is 95.5 Å². The molecule has 5 N–H and O–H groups in total. The molecular weight excluding hydrogens is 718 g/mol. The molecule has 2 heterocycles. The highest BCUT2D eigenvalue weighted by atomic mass is 19.4. The average Bonchev–Trinajstić information content (AvgIpc) is 3.54. The van der Waals surface area contributed by atoms with Gasteiger partial charge in [-0.25, -0.2) is 4.39 Å². The van der Waals surface area contributed by atoms with E-state index in [0.717, 1.165) is 24.8 Å². The van der Waals surface area contributed by atoms with E-state index in [2.05, 4.69) is 60.9 Å². The summed E-state index contributed by atoms with van der Waals surface area (Å²) in [4.78, 5) is 54.7. The maximum absolute atomic E-state index is 14.0. The molecule has 0 radical (unpaired) electrons. The Bertz CT molecular complexity index is 1720. The van der Waals surface area contributed by atoms with E-state index in [4.69, 9.17) is 4.74 Å². The van der Waals surface area contributed by atoms with E-state index in [1.54, 1.807) is 6.07 Å². The van der Waals surface area contributed by atoms with Gasteiger partial charge in [0, 0.05) is 37.3 Å². The molecule has 55 heavy (non-hydrogen) atoms. The van der Waals surface area contributed by atoms with Gasteiger partial charge in [-0.05, 0) is 60.8 Å². The van der Waals surface area contributed by atoms with Gasteiger partial charge in [0.05, 0.1) is 30.6 Å². The van der Waals surface area contributed by atoms with Crippen LogP contribution in [-0.2, 0) is 49.4 Å². The lowest BCUT2D eigenvalue weighted by atomic mass is 9.78.